The Hall–Kier alpha value is -1.11. The third kappa shape index (κ3) is 4.69. The van der Waals surface area contributed by atoms with Crippen LogP contribution in [-0.4, -0.2) is 36.9 Å². The lowest BCUT2D eigenvalue weighted by molar-refractivity contribution is 0.493. The van der Waals surface area contributed by atoms with Gasteiger partial charge in [-0.25, -0.2) is 8.42 Å². The molecule has 6 heteroatoms. The molecule has 1 rings (SSSR count). The minimum atomic E-state index is -3.46. The largest absolute Gasteiger partial charge is 0.349 e. The zero-order valence-corrected chi connectivity index (χ0v) is 14.5. The van der Waals surface area contributed by atoms with Crippen molar-refractivity contribution >= 4 is 10.0 Å². The molecule has 0 unspecified atom stereocenters. The summed E-state index contributed by atoms with van der Waals surface area (Å²) in [5.41, 5.74) is 1.80. The number of hydrogen-bond acceptors (Lipinski definition) is 3. The molecule has 0 aliphatic carbocycles. The van der Waals surface area contributed by atoms with Gasteiger partial charge in [0, 0.05) is 44.6 Å². The van der Waals surface area contributed by atoms with E-state index < -0.39 is 10.0 Å². The van der Waals surface area contributed by atoms with Gasteiger partial charge in [0.05, 0.1) is 0 Å². The Kier molecular flexibility index (Phi) is 6.19. The average Bonchev–Trinajstić information content (AvgIpc) is 2.79. The first-order chi connectivity index (χ1) is 9.68. The summed E-state index contributed by atoms with van der Waals surface area (Å²) in [6, 6.07) is 2.11. The van der Waals surface area contributed by atoms with Gasteiger partial charge < -0.3 is 9.88 Å². The number of aromatic nitrogens is 1. The number of hydrogen-bond donors (Lipinski definition) is 1. The molecule has 0 atom stereocenters. The Bertz CT molecular complexity index is 588. The summed E-state index contributed by atoms with van der Waals surface area (Å²) >= 11 is 0. The minimum Gasteiger partial charge on any atom is -0.349 e. The molecule has 0 fully saturated rings. The second-order valence-corrected chi connectivity index (χ2v) is 7.75. The van der Waals surface area contributed by atoms with Crippen LogP contribution in [0, 0.1) is 0 Å². The molecule has 0 aromatic carbocycles. The van der Waals surface area contributed by atoms with Gasteiger partial charge in [-0.1, -0.05) is 26.0 Å². The number of rotatable bonds is 8. The Balaban J connectivity index is 3.05. The Morgan fingerprint density at radius 3 is 2.57 bits per heavy atom. The van der Waals surface area contributed by atoms with E-state index in [4.69, 9.17) is 0 Å². The summed E-state index contributed by atoms with van der Waals surface area (Å²) < 4.78 is 28.4. The lowest BCUT2D eigenvalue weighted by atomic mass is 10.3. The van der Waals surface area contributed by atoms with Gasteiger partial charge in [-0.05, 0) is 19.9 Å². The maximum atomic E-state index is 12.5. The van der Waals surface area contributed by atoms with Crippen molar-refractivity contribution in [3.8, 4) is 0 Å². The summed E-state index contributed by atoms with van der Waals surface area (Å²) in [6.45, 7) is 13.5. The van der Waals surface area contributed by atoms with Crippen LogP contribution in [0.3, 0.4) is 0 Å². The lowest BCUT2D eigenvalue weighted by Gasteiger charge is -2.15. The zero-order valence-electron chi connectivity index (χ0n) is 13.7. The van der Waals surface area contributed by atoms with E-state index in [9.17, 15) is 8.42 Å². The van der Waals surface area contributed by atoms with E-state index in [1.54, 1.807) is 19.3 Å². The normalized spacial score (nSPS) is 12.3. The van der Waals surface area contributed by atoms with Gasteiger partial charge in [0.15, 0.2) is 0 Å². The molecule has 1 N–H and O–H groups in total. The minimum absolute atomic E-state index is 0.333. The SMILES string of the molecule is C=C(C)CN(C)S(=O)(=O)c1cc(CNC(C)C)n(CC)c1. The van der Waals surface area contributed by atoms with Crippen molar-refractivity contribution in [2.24, 2.45) is 0 Å². The fraction of sp³-hybridized carbons (Fsp3) is 0.600. The molecule has 1 aromatic heterocycles. The topological polar surface area (TPSA) is 54.3 Å². The first-order valence-electron chi connectivity index (χ1n) is 7.21. The molecule has 1 heterocycles. The molecule has 5 nitrogen and oxygen atoms in total. The predicted octanol–water partition coefficient (Wildman–Crippen LogP) is 2.20. The number of likely N-dealkylation sites (N-methyl/N-ethyl adjacent to an activating group) is 1. The van der Waals surface area contributed by atoms with Gasteiger partial charge in [-0.2, -0.15) is 4.31 Å². The van der Waals surface area contributed by atoms with Gasteiger partial charge in [0.2, 0.25) is 10.0 Å². The zero-order chi connectivity index (χ0) is 16.2. The van der Waals surface area contributed by atoms with Gasteiger partial charge in [0.25, 0.3) is 0 Å². The fourth-order valence-electron chi connectivity index (χ4n) is 2.06. The highest BCUT2D eigenvalue weighted by atomic mass is 32.2. The van der Waals surface area contributed by atoms with Crippen LogP contribution in [-0.2, 0) is 23.1 Å². The molecule has 120 valence electrons. The number of sulfonamides is 1. The molecule has 21 heavy (non-hydrogen) atoms. The fourth-order valence-corrected chi connectivity index (χ4v) is 3.36. The van der Waals surface area contributed by atoms with Crippen molar-refractivity contribution in [1.82, 2.24) is 14.2 Å². The summed E-state index contributed by atoms with van der Waals surface area (Å²) in [7, 11) is -1.88. The van der Waals surface area contributed by atoms with Gasteiger partial charge in [-0.15, -0.1) is 0 Å². The van der Waals surface area contributed by atoms with Crippen LogP contribution < -0.4 is 5.32 Å². The maximum absolute atomic E-state index is 12.5. The highest BCUT2D eigenvalue weighted by Crippen LogP contribution is 2.19. The second kappa shape index (κ2) is 7.24. The summed E-state index contributed by atoms with van der Waals surface area (Å²) in [6.07, 6.45) is 1.71. The molecule has 0 amide bonds. The first-order valence-corrected chi connectivity index (χ1v) is 8.65. The van der Waals surface area contributed by atoms with Gasteiger partial charge >= 0.3 is 0 Å². The Morgan fingerprint density at radius 2 is 2.10 bits per heavy atom. The molecule has 0 aliphatic heterocycles. The quantitative estimate of drug-likeness (QED) is 0.749. The van der Waals surface area contributed by atoms with Crippen molar-refractivity contribution in [2.45, 2.75) is 51.7 Å². The lowest BCUT2D eigenvalue weighted by Crippen LogP contribution is -2.28. The molecular weight excluding hydrogens is 286 g/mol. The van der Waals surface area contributed by atoms with E-state index >= 15 is 0 Å². The Morgan fingerprint density at radius 1 is 1.48 bits per heavy atom. The molecule has 0 saturated heterocycles. The number of nitrogens with one attached hydrogen (secondary N) is 1. The van der Waals surface area contributed by atoms with E-state index in [0.717, 1.165) is 17.8 Å². The smallest absolute Gasteiger partial charge is 0.244 e. The van der Waals surface area contributed by atoms with E-state index in [-0.39, 0.29) is 0 Å². The van der Waals surface area contributed by atoms with E-state index in [1.165, 1.54) is 4.31 Å². The molecule has 0 saturated carbocycles. The predicted molar refractivity (Wildman–Crippen MR) is 86.7 cm³/mol. The van der Waals surface area contributed by atoms with E-state index in [1.807, 2.05) is 18.4 Å². The van der Waals surface area contributed by atoms with E-state index in [2.05, 4.69) is 25.7 Å². The van der Waals surface area contributed by atoms with Crippen LogP contribution in [0.2, 0.25) is 0 Å². The summed E-state index contributed by atoms with van der Waals surface area (Å²) in [4.78, 5) is 0.341. The van der Waals surface area contributed by atoms with Crippen molar-refractivity contribution in [2.75, 3.05) is 13.6 Å². The Labute approximate surface area is 128 Å². The standard InChI is InChI=1S/C15H27N3O2S/c1-7-18-11-15(8-14(18)9-16-13(4)5)21(19,20)17(6)10-12(2)3/h8,11,13,16H,2,7,9-10H2,1,3-6H3. The van der Waals surface area contributed by atoms with Gasteiger partial charge in [-0.3, -0.25) is 0 Å². The molecule has 0 bridgehead atoms. The molecular formula is C15H27N3O2S. The van der Waals surface area contributed by atoms with E-state index in [0.29, 0.717) is 24.0 Å². The molecule has 1 aromatic rings. The second-order valence-electron chi connectivity index (χ2n) is 5.71. The van der Waals surface area contributed by atoms with Crippen molar-refractivity contribution in [3.05, 3.63) is 30.1 Å². The highest BCUT2D eigenvalue weighted by Gasteiger charge is 2.23. The summed E-state index contributed by atoms with van der Waals surface area (Å²) in [5.74, 6) is 0. The number of nitrogens with zero attached hydrogens (tertiary/aromatic N) is 2. The van der Waals surface area contributed by atoms with Crippen LogP contribution in [0.25, 0.3) is 0 Å². The van der Waals surface area contributed by atoms with Gasteiger partial charge in [0.1, 0.15) is 4.90 Å². The molecule has 0 radical (unpaired) electrons. The third-order valence-electron chi connectivity index (χ3n) is 3.19. The monoisotopic (exact) mass is 313 g/mol. The van der Waals surface area contributed by atoms with Crippen LogP contribution in [0.1, 0.15) is 33.4 Å². The highest BCUT2D eigenvalue weighted by molar-refractivity contribution is 7.89. The maximum Gasteiger partial charge on any atom is 0.244 e. The van der Waals surface area contributed by atoms with Crippen molar-refractivity contribution in [3.63, 3.8) is 0 Å². The molecule has 0 aliphatic rings. The van der Waals surface area contributed by atoms with Crippen LogP contribution in [0.15, 0.2) is 29.3 Å². The van der Waals surface area contributed by atoms with Crippen LogP contribution in [0.5, 0.6) is 0 Å². The molecule has 0 spiro atoms. The average molecular weight is 313 g/mol. The summed E-state index contributed by atoms with van der Waals surface area (Å²) in [5, 5.41) is 3.32. The first kappa shape index (κ1) is 17.9. The van der Waals surface area contributed by atoms with Crippen molar-refractivity contribution in [1.29, 1.82) is 0 Å². The van der Waals surface area contributed by atoms with Crippen LogP contribution >= 0.6 is 0 Å². The third-order valence-corrected chi connectivity index (χ3v) is 4.96. The van der Waals surface area contributed by atoms with Crippen molar-refractivity contribution < 1.29 is 8.42 Å². The van der Waals surface area contributed by atoms with Crippen LogP contribution in [0.4, 0.5) is 0 Å². The number of aryl methyl sites for hydroxylation is 1.